The van der Waals surface area contributed by atoms with Crippen molar-refractivity contribution in [1.82, 2.24) is 4.72 Å². The van der Waals surface area contributed by atoms with Gasteiger partial charge in [0.2, 0.25) is 15.9 Å². The summed E-state index contributed by atoms with van der Waals surface area (Å²) in [6.45, 7) is 11.7. The number of carbonyl (C=O) groups excluding carboxylic acids is 1. The van der Waals surface area contributed by atoms with Crippen LogP contribution in [0.15, 0.2) is 47.4 Å². The van der Waals surface area contributed by atoms with Crippen molar-refractivity contribution in [2.24, 2.45) is 5.92 Å². The lowest BCUT2D eigenvalue weighted by molar-refractivity contribution is -0.114. The van der Waals surface area contributed by atoms with Gasteiger partial charge in [-0.25, -0.2) is 13.1 Å². The van der Waals surface area contributed by atoms with E-state index < -0.39 is 16.1 Å². The molecule has 0 aromatic heterocycles. The molecule has 2 N–H and O–H groups in total. The third kappa shape index (κ3) is 5.83. The fourth-order valence-electron chi connectivity index (χ4n) is 3.16. The van der Waals surface area contributed by atoms with Crippen LogP contribution >= 0.6 is 0 Å². The lowest BCUT2D eigenvalue weighted by Crippen LogP contribution is -2.32. The molecule has 1 atom stereocenters. The van der Waals surface area contributed by atoms with E-state index >= 15 is 0 Å². The Morgan fingerprint density at radius 3 is 2.10 bits per heavy atom. The molecule has 0 saturated carbocycles. The number of rotatable bonds is 7. The van der Waals surface area contributed by atoms with Crippen molar-refractivity contribution in [3.63, 3.8) is 0 Å². The minimum Gasteiger partial charge on any atom is -0.495 e. The summed E-state index contributed by atoms with van der Waals surface area (Å²) in [6.07, 6.45) is 0. The first kappa shape index (κ1) is 23.9. The van der Waals surface area contributed by atoms with E-state index in [0.29, 0.717) is 11.4 Å². The Labute approximate surface area is 180 Å². The number of nitrogens with one attached hydrogen (secondary N) is 2. The van der Waals surface area contributed by atoms with Crippen molar-refractivity contribution >= 4 is 21.6 Å². The van der Waals surface area contributed by atoms with Gasteiger partial charge in [-0.3, -0.25) is 4.79 Å². The SMILES string of the molecule is COc1ccc(S(=O)(=O)N[C@H](c2ccc(C(C)(C)C)cc2)C(C)C)cc1NC(C)=O. The van der Waals surface area contributed by atoms with E-state index in [4.69, 9.17) is 4.74 Å². The summed E-state index contributed by atoms with van der Waals surface area (Å²) < 4.78 is 34.3. The van der Waals surface area contributed by atoms with Gasteiger partial charge >= 0.3 is 0 Å². The molecule has 0 aliphatic rings. The lowest BCUT2D eigenvalue weighted by atomic mass is 9.85. The first-order valence-corrected chi connectivity index (χ1v) is 11.4. The molecule has 0 aliphatic carbocycles. The molecular weight excluding hydrogens is 400 g/mol. The number of hydrogen-bond donors (Lipinski definition) is 2. The first-order valence-electron chi connectivity index (χ1n) is 9.93. The molecule has 7 heteroatoms. The molecule has 6 nitrogen and oxygen atoms in total. The molecule has 2 aromatic carbocycles. The second-order valence-corrected chi connectivity index (χ2v) is 10.5. The molecule has 0 saturated heterocycles. The van der Waals surface area contributed by atoms with E-state index in [-0.39, 0.29) is 22.1 Å². The summed E-state index contributed by atoms with van der Waals surface area (Å²) in [4.78, 5) is 11.5. The van der Waals surface area contributed by atoms with E-state index in [1.807, 2.05) is 38.1 Å². The van der Waals surface area contributed by atoms with E-state index in [0.717, 1.165) is 5.56 Å². The minimum atomic E-state index is -3.83. The Kier molecular flexibility index (Phi) is 7.31. The summed E-state index contributed by atoms with van der Waals surface area (Å²) >= 11 is 0. The number of benzene rings is 2. The van der Waals surface area contributed by atoms with Crippen LogP contribution in [0.3, 0.4) is 0 Å². The van der Waals surface area contributed by atoms with Crippen LogP contribution in [0.5, 0.6) is 5.75 Å². The quantitative estimate of drug-likeness (QED) is 0.668. The predicted molar refractivity (Wildman–Crippen MR) is 120 cm³/mol. The van der Waals surface area contributed by atoms with Gasteiger partial charge in [-0.05, 0) is 40.7 Å². The Hall–Kier alpha value is -2.38. The van der Waals surface area contributed by atoms with Crippen LogP contribution in [0.4, 0.5) is 5.69 Å². The van der Waals surface area contributed by atoms with Crippen molar-refractivity contribution in [2.75, 3.05) is 12.4 Å². The number of amides is 1. The number of sulfonamides is 1. The van der Waals surface area contributed by atoms with Gasteiger partial charge in [0.15, 0.2) is 0 Å². The van der Waals surface area contributed by atoms with E-state index in [2.05, 4.69) is 30.8 Å². The second-order valence-electron chi connectivity index (χ2n) is 8.76. The van der Waals surface area contributed by atoms with Crippen molar-refractivity contribution in [1.29, 1.82) is 0 Å². The smallest absolute Gasteiger partial charge is 0.241 e. The molecule has 0 radical (unpaired) electrons. The lowest BCUT2D eigenvalue weighted by Gasteiger charge is -2.25. The third-order valence-electron chi connectivity index (χ3n) is 4.88. The minimum absolute atomic E-state index is 0.0224. The maximum atomic E-state index is 13.1. The zero-order valence-corrected chi connectivity index (χ0v) is 19.6. The molecule has 0 bridgehead atoms. The van der Waals surface area contributed by atoms with E-state index in [9.17, 15) is 13.2 Å². The fourth-order valence-corrected chi connectivity index (χ4v) is 4.56. The summed E-state index contributed by atoms with van der Waals surface area (Å²) in [7, 11) is -2.37. The fraction of sp³-hybridized carbons (Fsp3) is 0.435. The highest BCUT2D eigenvalue weighted by atomic mass is 32.2. The third-order valence-corrected chi connectivity index (χ3v) is 6.32. The number of anilines is 1. The summed E-state index contributed by atoms with van der Waals surface area (Å²) in [5.74, 6) is 0.116. The summed E-state index contributed by atoms with van der Waals surface area (Å²) in [5, 5.41) is 2.61. The van der Waals surface area contributed by atoms with Crippen LogP contribution < -0.4 is 14.8 Å². The molecule has 1 amide bonds. The van der Waals surface area contributed by atoms with Gasteiger partial charge in [-0.15, -0.1) is 0 Å². The van der Waals surface area contributed by atoms with Crippen LogP contribution in [0.1, 0.15) is 58.7 Å². The van der Waals surface area contributed by atoms with Crippen LogP contribution in [0.25, 0.3) is 0 Å². The van der Waals surface area contributed by atoms with Gasteiger partial charge in [0.25, 0.3) is 0 Å². The topological polar surface area (TPSA) is 84.5 Å². The number of ether oxygens (including phenoxy) is 1. The largest absolute Gasteiger partial charge is 0.495 e. The highest BCUT2D eigenvalue weighted by molar-refractivity contribution is 7.89. The predicted octanol–water partition coefficient (Wildman–Crippen LogP) is 4.63. The van der Waals surface area contributed by atoms with Crippen LogP contribution in [-0.4, -0.2) is 21.4 Å². The number of hydrogen-bond acceptors (Lipinski definition) is 4. The Morgan fingerprint density at radius 1 is 1.03 bits per heavy atom. The monoisotopic (exact) mass is 432 g/mol. The average molecular weight is 433 g/mol. The molecule has 0 heterocycles. The van der Waals surface area contributed by atoms with Crippen molar-refractivity contribution < 1.29 is 17.9 Å². The van der Waals surface area contributed by atoms with Crippen molar-refractivity contribution in [2.45, 2.75) is 57.9 Å². The van der Waals surface area contributed by atoms with E-state index in [1.165, 1.54) is 37.8 Å². The van der Waals surface area contributed by atoms with Gasteiger partial charge in [0.05, 0.1) is 17.7 Å². The Bertz CT molecular complexity index is 991. The zero-order chi connectivity index (χ0) is 22.7. The standard InChI is InChI=1S/C23H32N2O4S/c1-15(2)22(17-8-10-18(11-9-17)23(4,5)6)25-30(27,28)19-12-13-21(29-7)20(14-19)24-16(3)26/h8-15,22,25H,1-7H3,(H,24,26)/t22-/m0/s1. The van der Waals surface area contributed by atoms with Crippen LogP contribution in [0, 0.1) is 5.92 Å². The molecule has 0 aliphatic heterocycles. The van der Waals surface area contributed by atoms with Crippen molar-refractivity contribution in [3.8, 4) is 5.75 Å². The highest BCUT2D eigenvalue weighted by Gasteiger charge is 2.25. The molecule has 0 spiro atoms. The first-order chi connectivity index (χ1) is 13.8. The Balaban J connectivity index is 2.38. The molecule has 2 rings (SSSR count). The van der Waals surface area contributed by atoms with Gasteiger partial charge < -0.3 is 10.1 Å². The van der Waals surface area contributed by atoms with Gasteiger partial charge in [0, 0.05) is 13.0 Å². The van der Waals surface area contributed by atoms with Gasteiger partial charge in [-0.2, -0.15) is 0 Å². The molecule has 0 unspecified atom stereocenters. The maximum absolute atomic E-state index is 13.1. The maximum Gasteiger partial charge on any atom is 0.241 e. The van der Waals surface area contributed by atoms with Gasteiger partial charge in [-0.1, -0.05) is 58.9 Å². The number of methoxy groups -OCH3 is 1. The molecule has 164 valence electrons. The van der Waals surface area contributed by atoms with Crippen molar-refractivity contribution in [3.05, 3.63) is 53.6 Å². The normalized spacial score (nSPS) is 13.2. The molecule has 30 heavy (non-hydrogen) atoms. The van der Waals surface area contributed by atoms with E-state index in [1.54, 1.807) is 0 Å². The van der Waals surface area contributed by atoms with Crippen LogP contribution in [0.2, 0.25) is 0 Å². The number of carbonyl (C=O) groups is 1. The molecule has 2 aromatic rings. The zero-order valence-electron chi connectivity index (χ0n) is 18.7. The summed E-state index contributed by atoms with van der Waals surface area (Å²) in [6, 6.07) is 12.0. The summed E-state index contributed by atoms with van der Waals surface area (Å²) in [5.41, 5.74) is 2.42. The molecule has 0 fully saturated rings. The van der Waals surface area contributed by atoms with Gasteiger partial charge in [0.1, 0.15) is 5.75 Å². The average Bonchev–Trinajstić information content (AvgIpc) is 2.65. The Morgan fingerprint density at radius 2 is 1.63 bits per heavy atom. The highest BCUT2D eigenvalue weighted by Crippen LogP contribution is 2.31. The second kappa shape index (κ2) is 9.18. The van der Waals surface area contributed by atoms with Crippen LogP contribution in [-0.2, 0) is 20.2 Å². The molecular formula is C23H32N2O4S.